The third-order valence-corrected chi connectivity index (χ3v) is 10.1. The van der Waals surface area contributed by atoms with Gasteiger partial charge in [0.25, 0.3) is 0 Å². The van der Waals surface area contributed by atoms with Crippen LogP contribution in [0.1, 0.15) is 93.9 Å². The molecule has 2 atom stereocenters. The second-order valence-corrected chi connectivity index (χ2v) is 16.8. The van der Waals surface area contributed by atoms with Gasteiger partial charge in [0, 0.05) is 19.0 Å². The number of halogens is 2. The summed E-state index contributed by atoms with van der Waals surface area (Å²) in [6, 6.07) is 0. The molecule has 6 heteroatoms. The van der Waals surface area contributed by atoms with Gasteiger partial charge < -0.3 is 24.8 Å². The monoisotopic (exact) mass is 684 g/mol. The van der Waals surface area contributed by atoms with E-state index in [4.69, 9.17) is 0 Å². The molecule has 0 spiro atoms. The summed E-state index contributed by atoms with van der Waals surface area (Å²) in [7, 11) is 0. The summed E-state index contributed by atoms with van der Waals surface area (Å²) < 4.78 is 1.01. The van der Waals surface area contributed by atoms with E-state index >= 15 is 0 Å². The van der Waals surface area contributed by atoms with Crippen molar-refractivity contribution < 1.29 is 68.2 Å². The van der Waals surface area contributed by atoms with E-state index in [0.717, 1.165) is 38.5 Å². The van der Waals surface area contributed by atoms with Crippen molar-refractivity contribution in [3.63, 3.8) is 0 Å². The molecule has 0 nitrogen and oxygen atoms in total. The van der Waals surface area contributed by atoms with Crippen molar-refractivity contribution in [3.8, 4) is 0 Å². The van der Waals surface area contributed by atoms with Gasteiger partial charge in [-0.15, -0.1) is 36.4 Å². The van der Waals surface area contributed by atoms with Crippen LogP contribution in [0.15, 0.2) is 83.1 Å². The normalized spacial score (nSPS) is 24.6. The molecule has 0 saturated carbocycles. The van der Waals surface area contributed by atoms with Crippen molar-refractivity contribution in [2.45, 2.75) is 113 Å². The van der Waals surface area contributed by atoms with E-state index in [2.05, 4.69) is 152 Å². The summed E-state index contributed by atoms with van der Waals surface area (Å²) in [4.78, 5) is 0. The molecule has 0 N–H and O–H groups in total. The van der Waals surface area contributed by atoms with Crippen molar-refractivity contribution in [1.29, 1.82) is 0 Å². The topological polar surface area (TPSA) is 0 Å². The van der Waals surface area contributed by atoms with Crippen molar-refractivity contribution in [3.05, 3.63) is 95.2 Å². The number of thioether (sulfide) groups is 2. The van der Waals surface area contributed by atoms with E-state index in [1.54, 1.807) is 0 Å². The molecule has 0 saturated heterocycles. The average Bonchev–Trinajstić information content (AvgIpc) is 3.45. The molecule has 0 aromatic heterocycles. The molecule has 4 aliphatic rings. The van der Waals surface area contributed by atoms with Crippen LogP contribution in [-0.2, 0) is 43.4 Å². The molecule has 0 heterocycles. The summed E-state index contributed by atoms with van der Waals surface area (Å²) in [5, 5.41) is 0. The van der Waals surface area contributed by atoms with Crippen molar-refractivity contribution in [1.82, 2.24) is 0 Å². The van der Waals surface area contributed by atoms with Crippen molar-refractivity contribution in [2.75, 3.05) is 0 Å². The SMILES string of the molecule is CC1=CC=CCC1(CC1=[C-]CC=C1)SC(C)(C)C.CC1=CC=CCC1(CC1=[C-]CC=C1)SC(C)(C)C.[Cl-].[Cl-].[Ti+2].[Ti+2]. The van der Waals surface area contributed by atoms with Crippen LogP contribution in [0.5, 0.6) is 0 Å². The summed E-state index contributed by atoms with van der Waals surface area (Å²) in [5.41, 5.74) is 5.77. The maximum absolute atomic E-state index is 3.48. The van der Waals surface area contributed by atoms with Crippen LogP contribution in [0, 0.1) is 12.2 Å². The van der Waals surface area contributed by atoms with Gasteiger partial charge in [0.15, 0.2) is 0 Å². The molecular formula is C34H46Cl2S2Ti2. The molecule has 0 aromatic carbocycles. The minimum Gasteiger partial charge on any atom is -1.00 e. The minimum atomic E-state index is 0. The van der Waals surface area contributed by atoms with E-state index in [1.807, 2.05) is 0 Å². The predicted octanol–water partition coefficient (Wildman–Crippen LogP) is 4.49. The van der Waals surface area contributed by atoms with Crippen LogP contribution in [0.3, 0.4) is 0 Å². The molecular weight excluding hydrogens is 639 g/mol. The zero-order chi connectivity index (χ0) is 26.5. The summed E-state index contributed by atoms with van der Waals surface area (Å²) in [6.07, 6.45) is 35.9. The molecule has 216 valence electrons. The Labute approximate surface area is 297 Å². The van der Waals surface area contributed by atoms with Crippen LogP contribution in [0.25, 0.3) is 0 Å². The average molecular weight is 686 g/mol. The predicted molar refractivity (Wildman–Crippen MR) is 165 cm³/mol. The van der Waals surface area contributed by atoms with Crippen LogP contribution in [0.2, 0.25) is 0 Å². The Balaban J connectivity index is 0. The Kier molecular flexibility index (Phi) is 19.7. The van der Waals surface area contributed by atoms with Crippen molar-refractivity contribution in [2.24, 2.45) is 0 Å². The molecule has 4 aliphatic carbocycles. The van der Waals surface area contributed by atoms with Crippen LogP contribution < -0.4 is 24.8 Å². The van der Waals surface area contributed by atoms with Gasteiger partial charge in [0.05, 0.1) is 0 Å². The van der Waals surface area contributed by atoms with Gasteiger partial charge >= 0.3 is 43.4 Å². The molecule has 2 unspecified atom stereocenters. The molecule has 0 bridgehead atoms. The Hall–Kier alpha value is 0.629. The van der Waals surface area contributed by atoms with E-state index < -0.39 is 0 Å². The fraction of sp³-hybridized carbons (Fsp3) is 0.529. The zero-order valence-electron chi connectivity index (χ0n) is 25.6. The summed E-state index contributed by atoms with van der Waals surface area (Å²) >= 11 is 4.21. The Morgan fingerprint density at radius 1 is 0.650 bits per heavy atom. The zero-order valence-corrected chi connectivity index (χ0v) is 31.9. The minimum absolute atomic E-state index is 0. The molecule has 0 aliphatic heterocycles. The third kappa shape index (κ3) is 13.1. The van der Waals surface area contributed by atoms with Gasteiger partial charge in [-0.25, -0.2) is 23.3 Å². The molecule has 40 heavy (non-hydrogen) atoms. The van der Waals surface area contributed by atoms with Crippen molar-refractivity contribution >= 4 is 23.5 Å². The Bertz CT molecular complexity index is 965. The molecule has 0 radical (unpaired) electrons. The van der Waals surface area contributed by atoms with Gasteiger partial charge in [-0.2, -0.15) is 12.2 Å². The first-order valence-electron chi connectivity index (χ1n) is 13.4. The molecule has 0 amide bonds. The molecule has 4 rings (SSSR count). The van der Waals surface area contributed by atoms with E-state index in [9.17, 15) is 0 Å². The number of allylic oxidation sites excluding steroid dienone is 14. The third-order valence-electron chi connectivity index (χ3n) is 6.78. The second-order valence-electron chi connectivity index (χ2n) is 12.4. The smallest absolute Gasteiger partial charge is 1.00 e. The Morgan fingerprint density at radius 3 is 1.25 bits per heavy atom. The van der Waals surface area contributed by atoms with Crippen LogP contribution in [0.4, 0.5) is 0 Å². The molecule has 0 aromatic rings. The first-order chi connectivity index (χ1) is 16.8. The standard InChI is InChI=1S/2C17H23S.2ClH.2Ti/c2*1-14-9-7-8-12-17(14,18-16(2,3)4)13-15-10-5-6-11-15;;;;/h2*5,7-10H,6,12-13H2,1-4H3;2*1H;;/q2*-1;;;2*+2/p-2. The van der Waals surface area contributed by atoms with Gasteiger partial charge in [0.2, 0.25) is 0 Å². The largest absolute Gasteiger partial charge is 2.00 e. The number of rotatable bonds is 6. The van der Waals surface area contributed by atoms with Crippen LogP contribution >= 0.6 is 23.5 Å². The van der Waals surface area contributed by atoms with Crippen LogP contribution in [-0.4, -0.2) is 19.0 Å². The van der Waals surface area contributed by atoms with Gasteiger partial charge in [0.1, 0.15) is 0 Å². The molecule has 0 fully saturated rings. The first kappa shape index (κ1) is 42.8. The number of hydrogen-bond acceptors (Lipinski definition) is 2. The fourth-order valence-corrected chi connectivity index (χ4v) is 8.85. The van der Waals surface area contributed by atoms with Gasteiger partial charge in [-0.05, 0) is 39.5 Å². The summed E-state index contributed by atoms with van der Waals surface area (Å²) in [5.74, 6) is 0. The van der Waals surface area contributed by atoms with Gasteiger partial charge in [-0.3, -0.25) is 12.2 Å². The second kappa shape index (κ2) is 18.4. The van der Waals surface area contributed by atoms with E-state index in [0.29, 0.717) is 0 Å². The fourth-order valence-electron chi connectivity index (χ4n) is 5.24. The van der Waals surface area contributed by atoms with E-state index in [-0.39, 0.29) is 87.2 Å². The van der Waals surface area contributed by atoms with E-state index in [1.165, 1.54) is 22.3 Å². The first-order valence-corrected chi connectivity index (χ1v) is 15.1. The maximum atomic E-state index is 3.48. The quantitative estimate of drug-likeness (QED) is 0.299. The Morgan fingerprint density at radius 2 is 1.00 bits per heavy atom. The maximum Gasteiger partial charge on any atom is 2.00 e. The number of hydrogen-bond donors (Lipinski definition) is 0. The summed E-state index contributed by atoms with van der Waals surface area (Å²) in [6.45, 7) is 18.4. The van der Waals surface area contributed by atoms with Gasteiger partial charge in [-0.1, -0.05) is 89.1 Å².